The van der Waals surface area contributed by atoms with Crippen molar-refractivity contribution >= 4 is 0 Å². The van der Waals surface area contributed by atoms with E-state index in [4.69, 9.17) is 9.47 Å². The zero-order valence-corrected chi connectivity index (χ0v) is 11.3. The van der Waals surface area contributed by atoms with Crippen LogP contribution in [-0.4, -0.2) is 25.4 Å². The van der Waals surface area contributed by atoms with E-state index in [1.54, 1.807) is 25.3 Å². The van der Waals surface area contributed by atoms with Crippen molar-refractivity contribution in [2.24, 2.45) is 0 Å². The predicted octanol–water partition coefficient (Wildman–Crippen LogP) is 2.99. The van der Waals surface area contributed by atoms with Gasteiger partial charge in [0.25, 0.3) is 0 Å². The van der Waals surface area contributed by atoms with Crippen molar-refractivity contribution in [2.75, 3.05) is 20.3 Å². The van der Waals surface area contributed by atoms with Crippen molar-refractivity contribution in [3.63, 3.8) is 0 Å². The summed E-state index contributed by atoms with van der Waals surface area (Å²) in [7, 11) is 1.59. The molecule has 0 amide bonds. The molecule has 2 aromatic carbocycles. The minimum absolute atomic E-state index is 0.0817. The number of hydrogen-bond donors (Lipinski definition) is 1. The molecule has 0 saturated carbocycles. The number of para-hydroxylation sites is 1. The van der Waals surface area contributed by atoms with E-state index in [0.29, 0.717) is 5.75 Å². The van der Waals surface area contributed by atoms with E-state index >= 15 is 0 Å². The number of benzene rings is 2. The minimum Gasteiger partial charge on any atom is -0.497 e. The van der Waals surface area contributed by atoms with Gasteiger partial charge in [-0.15, -0.1) is 0 Å². The number of halogens is 1. The van der Waals surface area contributed by atoms with Gasteiger partial charge in [0.1, 0.15) is 5.75 Å². The van der Waals surface area contributed by atoms with Crippen molar-refractivity contribution in [2.45, 2.75) is 5.92 Å². The lowest BCUT2D eigenvalue weighted by atomic mass is 10.0. The first-order valence-corrected chi connectivity index (χ1v) is 6.36. The molecule has 20 heavy (non-hydrogen) atoms. The van der Waals surface area contributed by atoms with Crippen LogP contribution in [0.5, 0.6) is 11.5 Å². The number of hydrogen-bond acceptors (Lipinski definition) is 3. The number of aliphatic hydroxyl groups is 1. The molecule has 0 spiro atoms. The molecule has 2 rings (SSSR count). The second kappa shape index (κ2) is 6.91. The molecule has 1 N–H and O–H groups in total. The van der Waals surface area contributed by atoms with E-state index in [-0.39, 0.29) is 24.9 Å². The Kier molecular flexibility index (Phi) is 4.96. The molecular formula is C16H17FO3. The van der Waals surface area contributed by atoms with Crippen LogP contribution in [0.4, 0.5) is 4.39 Å². The topological polar surface area (TPSA) is 38.7 Å². The van der Waals surface area contributed by atoms with E-state index in [1.165, 1.54) is 6.07 Å². The molecule has 0 saturated heterocycles. The van der Waals surface area contributed by atoms with Gasteiger partial charge in [-0.2, -0.15) is 0 Å². The van der Waals surface area contributed by atoms with Crippen LogP contribution in [0.15, 0.2) is 48.5 Å². The number of rotatable bonds is 6. The van der Waals surface area contributed by atoms with Gasteiger partial charge in [0.05, 0.1) is 20.3 Å². The number of ether oxygens (including phenoxy) is 2. The summed E-state index contributed by atoms with van der Waals surface area (Å²) in [4.78, 5) is 0. The van der Waals surface area contributed by atoms with E-state index in [1.807, 2.05) is 24.3 Å². The van der Waals surface area contributed by atoms with Crippen LogP contribution in [-0.2, 0) is 0 Å². The second-order valence-corrected chi connectivity index (χ2v) is 4.40. The summed E-state index contributed by atoms with van der Waals surface area (Å²) in [5.41, 5.74) is 0.892. The smallest absolute Gasteiger partial charge is 0.165 e. The fraction of sp³-hybridized carbons (Fsp3) is 0.250. The van der Waals surface area contributed by atoms with Crippen LogP contribution in [0.3, 0.4) is 0 Å². The summed E-state index contributed by atoms with van der Waals surface area (Å²) in [6, 6.07) is 13.6. The highest BCUT2D eigenvalue weighted by atomic mass is 19.1. The third-order valence-electron chi connectivity index (χ3n) is 3.06. The fourth-order valence-electron chi connectivity index (χ4n) is 1.90. The molecular weight excluding hydrogens is 259 g/mol. The first-order chi connectivity index (χ1) is 9.74. The molecule has 0 aliphatic carbocycles. The molecule has 0 aliphatic heterocycles. The molecule has 0 radical (unpaired) electrons. The summed E-state index contributed by atoms with van der Waals surface area (Å²) in [6.07, 6.45) is 0. The highest BCUT2D eigenvalue weighted by Gasteiger charge is 2.13. The molecule has 0 aromatic heterocycles. The van der Waals surface area contributed by atoms with Crippen LogP contribution in [0.1, 0.15) is 11.5 Å². The second-order valence-electron chi connectivity index (χ2n) is 4.40. The Bertz CT molecular complexity index is 557. The van der Waals surface area contributed by atoms with E-state index in [9.17, 15) is 9.50 Å². The average molecular weight is 276 g/mol. The first kappa shape index (κ1) is 14.3. The standard InChI is InChI=1S/C16H17FO3/c1-19-14-6-4-5-12(9-14)13(10-18)11-20-16-8-3-2-7-15(16)17/h2-9,13,18H,10-11H2,1H3. The lowest BCUT2D eigenvalue weighted by Gasteiger charge is -2.16. The Morgan fingerprint density at radius 3 is 2.65 bits per heavy atom. The summed E-state index contributed by atoms with van der Waals surface area (Å²) >= 11 is 0. The lowest BCUT2D eigenvalue weighted by Crippen LogP contribution is -2.14. The van der Waals surface area contributed by atoms with Crippen LogP contribution < -0.4 is 9.47 Å². The fourth-order valence-corrected chi connectivity index (χ4v) is 1.90. The largest absolute Gasteiger partial charge is 0.497 e. The van der Waals surface area contributed by atoms with Crippen molar-refractivity contribution in [3.8, 4) is 11.5 Å². The van der Waals surface area contributed by atoms with Crippen molar-refractivity contribution in [1.82, 2.24) is 0 Å². The van der Waals surface area contributed by atoms with Crippen molar-refractivity contribution in [1.29, 1.82) is 0 Å². The Labute approximate surface area is 117 Å². The first-order valence-electron chi connectivity index (χ1n) is 6.36. The zero-order valence-electron chi connectivity index (χ0n) is 11.3. The van der Waals surface area contributed by atoms with Gasteiger partial charge in [-0.3, -0.25) is 0 Å². The molecule has 0 bridgehead atoms. The molecule has 1 unspecified atom stereocenters. The molecule has 3 nitrogen and oxygen atoms in total. The Morgan fingerprint density at radius 2 is 1.95 bits per heavy atom. The van der Waals surface area contributed by atoms with Gasteiger partial charge in [0.2, 0.25) is 0 Å². The van der Waals surface area contributed by atoms with E-state index in [0.717, 1.165) is 5.56 Å². The van der Waals surface area contributed by atoms with Crippen molar-refractivity contribution < 1.29 is 19.0 Å². The van der Waals surface area contributed by atoms with Gasteiger partial charge in [0, 0.05) is 5.92 Å². The molecule has 0 heterocycles. The highest BCUT2D eigenvalue weighted by molar-refractivity contribution is 5.31. The summed E-state index contributed by atoms with van der Waals surface area (Å²) in [5.74, 6) is 0.264. The third kappa shape index (κ3) is 3.48. The molecule has 4 heteroatoms. The maximum absolute atomic E-state index is 13.5. The minimum atomic E-state index is -0.408. The van der Waals surface area contributed by atoms with Gasteiger partial charge in [-0.05, 0) is 29.8 Å². The average Bonchev–Trinajstić information content (AvgIpc) is 2.50. The normalized spacial score (nSPS) is 11.9. The zero-order chi connectivity index (χ0) is 14.4. The van der Waals surface area contributed by atoms with Crippen LogP contribution in [0.25, 0.3) is 0 Å². The van der Waals surface area contributed by atoms with Gasteiger partial charge >= 0.3 is 0 Å². The number of methoxy groups -OCH3 is 1. The Balaban J connectivity index is 2.07. The SMILES string of the molecule is COc1cccc(C(CO)COc2ccccc2F)c1. The van der Waals surface area contributed by atoms with Crippen molar-refractivity contribution in [3.05, 3.63) is 59.9 Å². The quantitative estimate of drug-likeness (QED) is 0.881. The monoisotopic (exact) mass is 276 g/mol. The van der Waals surface area contributed by atoms with Crippen LogP contribution in [0.2, 0.25) is 0 Å². The van der Waals surface area contributed by atoms with Gasteiger partial charge in [-0.25, -0.2) is 4.39 Å². The van der Waals surface area contributed by atoms with Gasteiger partial charge in [-0.1, -0.05) is 24.3 Å². The summed E-state index contributed by atoms with van der Waals surface area (Å²) in [5, 5.41) is 9.48. The maximum atomic E-state index is 13.5. The highest BCUT2D eigenvalue weighted by Crippen LogP contribution is 2.23. The maximum Gasteiger partial charge on any atom is 0.165 e. The van der Waals surface area contributed by atoms with E-state index in [2.05, 4.69) is 0 Å². The Morgan fingerprint density at radius 1 is 1.15 bits per heavy atom. The van der Waals surface area contributed by atoms with Crippen LogP contribution in [0, 0.1) is 5.82 Å². The molecule has 106 valence electrons. The number of aliphatic hydroxyl groups excluding tert-OH is 1. The summed E-state index contributed by atoms with van der Waals surface area (Å²) < 4.78 is 24.0. The predicted molar refractivity (Wildman–Crippen MR) is 74.7 cm³/mol. The third-order valence-corrected chi connectivity index (χ3v) is 3.06. The lowest BCUT2D eigenvalue weighted by molar-refractivity contribution is 0.200. The van der Waals surface area contributed by atoms with Crippen LogP contribution >= 0.6 is 0 Å². The van der Waals surface area contributed by atoms with Gasteiger partial charge in [0.15, 0.2) is 11.6 Å². The van der Waals surface area contributed by atoms with Gasteiger partial charge < -0.3 is 14.6 Å². The molecule has 0 aliphatic rings. The Hall–Kier alpha value is -2.07. The molecule has 2 aromatic rings. The summed E-state index contributed by atoms with van der Waals surface area (Å²) in [6.45, 7) is 0.117. The van der Waals surface area contributed by atoms with E-state index < -0.39 is 5.82 Å². The molecule has 1 atom stereocenters. The molecule has 0 fully saturated rings.